The molecule has 0 radical (unpaired) electrons. The first-order valence-corrected chi connectivity index (χ1v) is 9.78. The number of para-hydroxylation sites is 1. The third-order valence-corrected chi connectivity index (χ3v) is 5.77. The molecule has 0 saturated heterocycles. The molecule has 1 N–H and O–H groups in total. The monoisotopic (exact) mass is 426 g/mol. The minimum Gasteiger partial charge on any atom is -0.437 e. The fourth-order valence-corrected chi connectivity index (χ4v) is 4.01. The number of aryl methyl sites for hydroxylation is 2. The van der Waals surface area contributed by atoms with Gasteiger partial charge in [0.15, 0.2) is 0 Å². The number of halogens is 1. The van der Waals surface area contributed by atoms with Crippen molar-refractivity contribution in [1.82, 2.24) is 14.5 Å². The number of hydrogen-bond donors (Lipinski definition) is 1. The second-order valence-corrected chi connectivity index (χ2v) is 7.67. The average molecular weight is 427 g/mol. The Morgan fingerprint density at radius 2 is 2.03 bits per heavy atom. The van der Waals surface area contributed by atoms with Gasteiger partial charge in [-0.05, 0) is 30.7 Å². The highest BCUT2D eigenvalue weighted by Gasteiger charge is 2.19. The largest absolute Gasteiger partial charge is 0.437 e. The van der Waals surface area contributed by atoms with Gasteiger partial charge < -0.3 is 14.6 Å². The number of thiophene rings is 1. The van der Waals surface area contributed by atoms with Crippen molar-refractivity contribution in [3.63, 3.8) is 0 Å². The molecule has 0 saturated carbocycles. The van der Waals surface area contributed by atoms with Crippen molar-refractivity contribution in [1.29, 1.82) is 0 Å². The molecule has 1 amide bonds. The van der Waals surface area contributed by atoms with Gasteiger partial charge in [0.1, 0.15) is 10.6 Å². The molecule has 3 heterocycles. The van der Waals surface area contributed by atoms with Crippen LogP contribution in [-0.4, -0.2) is 20.4 Å². The van der Waals surface area contributed by atoms with Gasteiger partial charge in [-0.25, -0.2) is 9.97 Å². The van der Waals surface area contributed by atoms with Gasteiger partial charge in [-0.2, -0.15) is 0 Å². The van der Waals surface area contributed by atoms with Crippen LogP contribution in [0.2, 0.25) is 5.02 Å². The number of nitrogens with zero attached hydrogens (tertiary/aromatic N) is 3. The lowest BCUT2D eigenvalue weighted by Gasteiger charge is -2.09. The summed E-state index contributed by atoms with van der Waals surface area (Å²) >= 11 is 7.29. The number of benzene rings is 1. The summed E-state index contributed by atoms with van der Waals surface area (Å²) in [5, 5.41) is 3.73. The normalized spacial score (nSPS) is 10.9. The molecule has 0 aliphatic carbocycles. The number of amides is 1. The molecule has 0 unspecified atom stereocenters. The maximum Gasteiger partial charge on any atom is 0.266 e. The van der Waals surface area contributed by atoms with Crippen LogP contribution in [0.4, 0.5) is 5.69 Å². The molecular weight excluding hydrogens is 412 g/mol. The van der Waals surface area contributed by atoms with E-state index in [1.165, 1.54) is 28.4 Å². The Morgan fingerprint density at radius 3 is 2.83 bits per heavy atom. The van der Waals surface area contributed by atoms with E-state index in [4.69, 9.17) is 16.3 Å². The Hall–Kier alpha value is -3.23. The van der Waals surface area contributed by atoms with Crippen LogP contribution in [0, 0.1) is 6.92 Å². The Bertz CT molecular complexity index is 1300. The molecule has 0 spiro atoms. The second-order valence-electron chi connectivity index (χ2n) is 6.27. The molecule has 0 bridgehead atoms. The number of ether oxygens (including phenoxy) is 1. The number of anilines is 1. The first kappa shape index (κ1) is 19.1. The van der Waals surface area contributed by atoms with Gasteiger partial charge in [-0.3, -0.25) is 9.59 Å². The highest BCUT2D eigenvalue weighted by Crippen LogP contribution is 2.30. The maximum atomic E-state index is 12.8. The van der Waals surface area contributed by atoms with Crippen LogP contribution >= 0.6 is 22.9 Å². The lowest BCUT2D eigenvalue weighted by molar-refractivity contribution is 0.103. The van der Waals surface area contributed by atoms with Gasteiger partial charge in [0.2, 0.25) is 5.88 Å². The van der Waals surface area contributed by atoms with Gasteiger partial charge in [0.05, 0.1) is 21.6 Å². The number of aromatic nitrogens is 3. The molecule has 29 heavy (non-hydrogen) atoms. The van der Waals surface area contributed by atoms with Crippen LogP contribution in [0.3, 0.4) is 0 Å². The lowest BCUT2D eigenvalue weighted by Crippen LogP contribution is -2.17. The fraction of sp³-hybridized carbons (Fsp3) is 0.100. The molecule has 7 nitrogen and oxygen atoms in total. The molecular formula is C20H15ClN4O3S. The Labute approximate surface area is 174 Å². The zero-order valence-electron chi connectivity index (χ0n) is 15.5. The summed E-state index contributed by atoms with van der Waals surface area (Å²) in [6, 6.07) is 10.3. The van der Waals surface area contributed by atoms with Gasteiger partial charge >= 0.3 is 0 Å². The van der Waals surface area contributed by atoms with Crippen molar-refractivity contribution in [3.05, 3.63) is 74.7 Å². The van der Waals surface area contributed by atoms with E-state index in [1.54, 1.807) is 50.4 Å². The third-order valence-electron chi connectivity index (χ3n) is 4.26. The molecule has 9 heteroatoms. The summed E-state index contributed by atoms with van der Waals surface area (Å²) < 4.78 is 7.09. The summed E-state index contributed by atoms with van der Waals surface area (Å²) in [7, 11) is 1.63. The quantitative estimate of drug-likeness (QED) is 0.522. The van der Waals surface area contributed by atoms with E-state index < -0.39 is 0 Å². The molecule has 0 aliphatic heterocycles. The Morgan fingerprint density at radius 1 is 1.24 bits per heavy atom. The van der Waals surface area contributed by atoms with Gasteiger partial charge in [-0.15, -0.1) is 11.3 Å². The predicted molar refractivity (Wildman–Crippen MR) is 113 cm³/mol. The van der Waals surface area contributed by atoms with E-state index in [0.717, 1.165) is 0 Å². The standard InChI is InChI=1S/C20H15ClN4O3S/c1-11-16-19(23-10-25(2)20(16)27)29-17(11)18(26)24-12-7-8-22-15(9-12)28-14-6-4-3-5-13(14)21/h3-10H,1-2H3,(H,22,24,26). The average Bonchev–Trinajstić information content (AvgIpc) is 3.04. The van der Waals surface area contributed by atoms with Crippen LogP contribution in [0.1, 0.15) is 15.2 Å². The van der Waals surface area contributed by atoms with Gasteiger partial charge in [-0.1, -0.05) is 23.7 Å². The number of pyridine rings is 1. The topological polar surface area (TPSA) is 86.1 Å². The summed E-state index contributed by atoms with van der Waals surface area (Å²) in [6.07, 6.45) is 2.97. The zero-order chi connectivity index (χ0) is 20.5. The number of carbonyl (C=O) groups is 1. The van der Waals surface area contributed by atoms with Crippen molar-refractivity contribution in [2.45, 2.75) is 6.92 Å². The minimum atomic E-state index is -0.331. The highest BCUT2D eigenvalue weighted by atomic mass is 35.5. The van der Waals surface area contributed by atoms with Crippen molar-refractivity contribution >= 4 is 44.7 Å². The molecule has 3 aromatic heterocycles. The highest BCUT2D eigenvalue weighted by molar-refractivity contribution is 7.20. The SMILES string of the molecule is Cc1c(C(=O)Nc2ccnc(Oc3ccccc3Cl)c2)sc2ncn(C)c(=O)c12. The summed E-state index contributed by atoms with van der Waals surface area (Å²) in [4.78, 5) is 34.5. The number of hydrogen-bond acceptors (Lipinski definition) is 6. The van der Waals surface area contributed by atoms with E-state index in [1.807, 2.05) is 0 Å². The Kier molecular flexibility index (Phi) is 5.04. The fourth-order valence-electron chi connectivity index (χ4n) is 2.80. The van der Waals surface area contributed by atoms with Crippen LogP contribution in [0.25, 0.3) is 10.2 Å². The van der Waals surface area contributed by atoms with E-state index in [0.29, 0.717) is 43.0 Å². The molecule has 4 rings (SSSR count). The van der Waals surface area contributed by atoms with Crippen LogP contribution < -0.4 is 15.6 Å². The number of carbonyl (C=O) groups excluding carboxylic acids is 1. The summed E-state index contributed by atoms with van der Waals surface area (Å²) in [6.45, 7) is 1.75. The molecule has 0 aliphatic rings. The molecule has 0 fully saturated rings. The lowest BCUT2D eigenvalue weighted by atomic mass is 10.2. The van der Waals surface area contributed by atoms with Gasteiger partial charge in [0.25, 0.3) is 11.5 Å². The van der Waals surface area contributed by atoms with Crippen LogP contribution in [0.5, 0.6) is 11.6 Å². The van der Waals surface area contributed by atoms with E-state index >= 15 is 0 Å². The van der Waals surface area contributed by atoms with Crippen molar-refractivity contribution in [3.8, 4) is 11.6 Å². The van der Waals surface area contributed by atoms with E-state index in [9.17, 15) is 9.59 Å². The van der Waals surface area contributed by atoms with E-state index in [2.05, 4.69) is 15.3 Å². The minimum absolute atomic E-state index is 0.179. The Balaban J connectivity index is 1.60. The maximum absolute atomic E-state index is 12.8. The van der Waals surface area contributed by atoms with E-state index in [-0.39, 0.29) is 11.5 Å². The van der Waals surface area contributed by atoms with Crippen molar-refractivity contribution in [2.75, 3.05) is 5.32 Å². The van der Waals surface area contributed by atoms with Gasteiger partial charge in [0, 0.05) is 25.0 Å². The first-order chi connectivity index (χ1) is 13.9. The summed E-state index contributed by atoms with van der Waals surface area (Å²) in [5.74, 6) is 0.425. The van der Waals surface area contributed by atoms with Crippen molar-refractivity contribution in [2.24, 2.45) is 7.05 Å². The molecule has 146 valence electrons. The molecule has 4 aromatic rings. The molecule has 0 atom stereocenters. The first-order valence-electron chi connectivity index (χ1n) is 8.58. The summed E-state index contributed by atoms with van der Waals surface area (Å²) in [5.41, 5.74) is 0.935. The second kappa shape index (κ2) is 7.65. The number of nitrogens with one attached hydrogen (secondary N) is 1. The van der Waals surface area contributed by atoms with Crippen molar-refractivity contribution < 1.29 is 9.53 Å². The number of fused-ring (bicyclic) bond motifs is 1. The predicted octanol–water partition coefficient (Wildman–Crippen LogP) is 4.40. The molecule has 1 aromatic carbocycles. The number of rotatable bonds is 4. The smallest absolute Gasteiger partial charge is 0.266 e. The third kappa shape index (κ3) is 3.72. The van der Waals surface area contributed by atoms with Crippen LogP contribution in [-0.2, 0) is 7.05 Å². The zero-order valence-corrected chi connectivity index (χ0v) is 17.0. The van der Waals surface area contributed by atoms with Crippen LogP contribution in [0.15, 0.2) is 53.7 Å².